The standard InChI is InChI=1S/C13H25NO2/c1-15-13-8-2-7-12(13)14-9-3-5-11-6-4-10-16-11/h11-14H,2-10H2,1H3. The molecule has 3 atom stereocenters. The van der Waals surface area contributed by atoms with E-state index in [0.29, 0.717) is 18.2 Å². The average Bonchev–Trinajstić information content (AvgIpc) is 2.95. The molecular weight excluding hydrogens is 202 g/mol. The summed E-state index contributed by atoms with van der Waals surface area (Å²) in [6.07, 6.45) is 9.78. The summed E-state index contributed by atoms with van der Waals surface area (Å²) in [5.74, 6) is 0. The Kier molecular flexibility index (Phi) is 5.07. The Morgan fingerprint density at radius 3 is 2.94 bits per heavy atom. The molecule has 1 aliphatic heterocycles. The second-order valence-electron chi connectivity index (χ2n) is 5.04. The fourth-order valence-corrected chi connectivity index (χ4v) is 2.93. The van der Waals surface area contributed by atoms with Crippen LogP contribution in [0.1, 0.15) is 44.9 Å². The van der Waals surface area contributed by atoms with Gasteiger partial charge in [0, 0.05) is 19.8 Å². The molecule has 0 spiro atoms. The van der Waals surface area contributed by atoms with E-state index in [0.717, 1.165) is 13.2 Å². The van der Waals surface area contributed by atoms with Gasteiger partial charge in [0.1, 0.15) is 0 Å². The smallest absolute Gasteiger partial charge is 0.0724 e. The maximum absolute atomic E-state index is 5.61. The van der Waals surface area contributed by atoms with Crippen molar-refractivity contribution in [2.24, 2.45) is 0 Å². The number of ether oxygens (including phenoxy) is 2. The van der Waals surface area contributed by atoms with Crippen LogP contribution < -0.4 is 5.32 Å². The van der Waals surface area contributed by atoms with Gasteiger partial charge < -0.3 is 14.8 Å². The van der Waals surface area contributed by atoms with Crippen molar-refractivity contribution in [3.8, 4) is 0 Å². The van der Waals surface area contributed by atoms with E-state index in [-0.39, 0.29) is 0 Å². The van der Waals surface area contributed by atoms with Gasteiger partial charge in [0.05, 0.1) is 12.2 Å². The molecule has 0 aromatic carbocycles. The summed E-state index contributed by atoms with van der Waals surface area (Å²) in [6.45, 7) is 2.09. The van der Waals surface area contributed by atoms with Gasteiger partial charge >= 0.3 is 0 Å². The van der Waals surface area contributed by atoms with E-state index in [9.17, 15) is 0 Å². The van der Waals surface area contributed by atoms with E-state index in [2.05, 4.69) is 5.32 Å². The zero-order chi connectivity index (χ0) is 11.2. The first-order chi connectivity index (χ1) is 7.90. The molecular formula is C13H25NO2. The molecule has 2 fully saturated rings. The SMILES string of the molecule is COC1CCCC1NCCCC1CCCO1. The molecule has 1 N–H and O–H groups in total. The second kappa shape index (κ2) is 6.58. The Hall–Kier alpha value is -0.120. The second-order valence-corrected chi connectivity index (χ2v) is 5.04. The van der Waals surface area contributed by atoms with Crippen LogP contribution in [-0.4, -0.2) is 38.5 Å². The number of rotatable bonds is 6. The van der Waals surface area contributed by atoms with Gasteiger partial charge in [-0.05, 0) is 51.5 Å². The van der Waals surface area contributed by atoms with Crippen molar-refractivity contribution >= 4 is 0 Å². The lowest BCUT2D eigenvalue weighted by Crippen LogP contribution is -2.37. The van der Waals surface area contributed by atoms with Gasteiger partial charge in [0.25, 0.3) is 0 Å². The van der Waals surface area contributed by atoms with Crippen molar-refractivity contribution in [2.75, 3.05) is 20.3 Å². The third-order valence-corrected chi connectivity index (χ3v) is 3.89. The predicted octanol–water partition coefficient (Wildman–Crippen LogP) is 2.10. The maximum atomic E-state index is 5.61. The minimum Gasteiger partial charge on any atom is -0.380 e. The Bertz CT molecular complexity index is 192. The molecule has 0 aromatic heterocycles. The predicted molar refractivity (Wildman–Crippen MR) is 64.6 cm³/mol. The third-order valence-electron chi connectivity index (χ3n) is 3.89. The number of nitrogens with one attached hydrogen (secondary N) is 1. The van der Waals surface area contributed by atoms with Crippen LogP contribution in [-0.2, 0) is 9.47 Å². The first-order valence-corrected chi connectivity index (χ1v) is 6.78. The zero-order valence-electron chi connectivity index (χ0n) is 10.4. The van der Waals surface area contributed by atoms with Crippen LogP contribution in [0.3, 0.4) is 0 Å². The van der Waals surface area contributed by atoms with E-state index in [4.69, 9.17) is 9.47 Å². The van der Waals surface area contributed by atoms with Gasteiger partial charge in [-0.2, -0.15) is 0 Å². The van der Waals surface area contributed by atoms with Gasteiger partial charge in [0.15, 0.2) is 0 Å². The summed E-state index contributed by atoms with van der Waals surface area (Å²) in [7, 11) is 1.83. The van der Waals surface area contributed by atoms with Crippen LogP contribution in [0.5, 0.6) is 0 Å². The van der Waals surface area contributed by atoms with Crippen molar-refractivity contribution in [1.29, 1.82) is 0 Å². The third kappa shape index (κ3) is 3.44. The molecule has 2 rings (SSSR count). The zero-order valence-corrected chi connectivity index (χ0v) is 10.4. The Balaban J connectivity index is 1.53. The molecule has 0 bridgehead atoms. The van der Waals surface area contributed by atoms with Crippen LogP contribution in [0.25, 0.3) is 0 Å². The summed E-state index contributed by atoms with van der Waals surface area (Å²) in [6, 6.07) is 0.592. The molecule has 0 amide bonds. The molecule has 1 heterocycles. The summed E-state index contributed by atoms with van der Waals surface area (Å²) < 4.78 is 11.1. The van der Waals surface area contributed by atoms with Crippen molar-refractivity contribution < 1.29 is 9.47 Å². The molecule has 0 radical (unpaired) electrons. The monoisotopic (exact) mass is 227 g/mol. The fraction of sp³-hybridized carbons (Fsp3) is 1.00. The van der Waals surface area contributed by atoms with Crippen LogP contribution >= 0.6 is 0 Å². The van der Waals surface area contributed by atoms with Crippen molar-refractivity contribution in [2.45, 2.75) is 63.2 Å². The minimum atomic E-state index is 0.447. The summed E-state index contributed by atoms with van der Waals surface area (Å²) in [5, 5.41) is 3.63. The first-order valence-electron chi connectivity index (χ1n) is 6.78. The quantitative estimate of drug-likeness (QED) is 0.705. The van der Waals surface area contributed by atoms with Gasteiger partial charge in [-0.15, -0.1) is 0 Å². The fourth-order valence-electron chi connectivity index (χ4n) is 2.93. The molecule has 1 saturated carbocycles. The van der Waals surface area contributed by atoms with Gasteiger partial charge in [-0.1, -0.05) is 0 Å². The first kappa shape index (κ1) is 12.3. The largest absolute Gasteiger partial charge is 0.380 e. The van der Waals surface area contributed by atoms with Gasteiger partial charge in [-0.25, -0.2) is 0 Å². The Morgan fingerprint density at radius 1 is 1.25 bits per heavy atom. The highest BCUT2D eigenvalue weighted by Crippen LogP contribution is 2.21. The Labute approximate surface area is 98.9 Å². The highest BCUT2D eigenvalue weighted by molar-refractivity contribution is 4.83. The number of hydrogen-bond acceptors (Lipinski definition) is 3. The van der Waals surface area contributed by atoms with Crippen LogP contribution in [0.4, 0.5) is 0 Å². The molecule has 0 aromatic rings. The van der Waals surface area contributed by atoms with Crippen LogP contribution in [0, 0.1) is 0 Å². The van der Waals surface area contributed by atoms with Crippen LogP contribution in [0.2, 0.25) is 0 Å². The maximum Gasteiger partial charge on any atom is 0.0724 e. The highest BCUT2D eigenvalue weighted by Gasteiger charge is 2.26. The number of methoxy groups -OCH3 is 1. The molecule has 1 saturated heterocycles. The molecule has 16 heavy (non-hydrogen) atoms. The van der Waals surface area contributed by atoms with E-state index < -0.39 is 0 Å². The van der Waals surface area contributed by atoms with Crippen molar-refractivity contribution in [3.05, 3.63) is 0 Å². The van der Waals surface area contributed by atoms with Crippen LogP contribution in [0.15, 0.2) is 0 Å². The Morgan fingerprint density at radius 2 is 2.19 bits per heavy atom. The lowest BCUT2D eigenvalue weighted by atomic mass is 10.1. The molecule has 3 unspecified atom stereocenters. The van der Waals surface area contributed by atoms with Crippen molar-refractivity contribution in [3.63, 3.8) is 0 Å². The molecule has 2 aliphatic rings. The molecule has 94 valence electrons. The lowest BCUT2D eigenvalue weighted by Gasteiger charge is -2.20. The topological polar surface area (TPSA) is 30.5 Å². The normalized spacial score (nSPS) is 34.7. The van der Waals surface area contributed by atoms with Gasteiger partial charge in [0.2, 0.25) is 0 Å². The van der Waals surface area contributed by atoms with E-state index in [1.165, 1.54) is 44.9 Å². The average molecular weight is 227 g/mol. The van der Waals surface area contributed by atoms with E-state index in [1.807, 2.05) is 7.11 Å². The van der Waals surface area contributed by atoms with Gasteiger partial charge in [-0.3, -0.25) is 0 Å². The minimum absolute atomic E-state index is 0.447. The highest BCUT2D eigenvalue weighted by atomic mass is 16.5. The summed E-state index contributed by atoms with van der Waals surface area (Å²) >= 11 is 0. The summed E-state index contributed by atoms with van der Waals surface area (Å²) in [4.78, 5) is 0. The molecule has 1 aliphatic carbocycles. The lowest BCUT2D eigenvalue weighted by molar-refractivity contribution is 0.0828. The molecule has 3 heteroatoms. The van der Waals surface area contributed by atoms with E-state index in [1.54, 1.807) is 0 Å². The van der Waals surface area contributed by atoms with E-state index >= 15 is 0 Å². The summed E-state index contributed by atoms with van der Waals surface area (Å²) in [5.41, 5.74) is 0. The van der Waals surface area contributed by atoms with Crippen molar-refractivity contribution in [1.82, 2.24) is 5.32 Å². The molecule has 3 nitrogen and oxygen atoms in total. The number of hydrogen-bond donors (Lipinski definition) is 1.